The maximum Gasteiger partial charge on any atom is 0.220 e. The monoisotopic (exact) mass is 1120 g/mol. The Balaban J connectivity index is 2.07. The van der Waals surface area contributed by atoms with Crippen molar-refractivity contribution in [3.63, 3.8) is 0 Å². The van der Waals surface area contributed by atoms with E-state index in [0.717, 1.165) is 38.5 Å². The Morgan fingerprint density at radius 2 is 0.696 bits per heavy atom. The van der Waals surface area contributed by atoms with E-state index in [9.17, 15) is 30.3 Å². The number of allylic oxidation sites excluding steroid dienone is 1. The second-order valence-electron chi connectivity index (χ2n) is 25.0. The summed E-state index contributed by atoms with van der Waals surface area (Å²) in [5.74, 6) is -0.167. The first-order chi connectivity index (χ1) is 38.8. The zero-order valence-corrected chi connectivity index (χ0v) is 52.7. The minimum atomic E-state index is -1.56. The third kappa shape index (κ3) is 49.0. The van der Waals surface area contributed by atoms with Gasteiger partial charge in [-0.2, -0.15) is 0 Å². The zero-order chi connectivity index (χ0) is 57.2. The minimum absolute atomic E-state index is 0.167. The van der Waals surface area contributed by atoms with Crippen LogP contribution in [0.2, 0.25) is 0 Å². The first-order valence-electron chi connectivity index (χ1n) is 35.4. The smallest absolute Gasteiger partial charge is 0.220 e. The van der Waals surface area contributed by atoms with Crippen molar-refractivity contribution >= 4 is 5.91 Å². The third-order valence-corrected chi connectivity index (χ3v) is 17.4. The van der Waals surface area contributed by atoms with Crippen molar-refractivity contribution in [2.45, 2.75) is 416 Å². The van der Waals surface area contributed by atoms with Crippen molar-refractivity contribution in [2.24, 2.45) is 0 Å². The summed E-state index contributed by atoms with van der Waals surface area (Å²) in [4.78, 5) is 13.1. The van der Waals surface area contributed by atoms with Gasteiger partial charge in [0.05, 0.1) is 25.4 Å². The van der Waals surface area contributed by atoms with Gasteiger partial charge in [-0.05, 0) is 19.3 Å². The predicted molar refractivity (Wildman–Crippen MR) is 337 cm³/mol. The maximum atomic E-state index is 13.1. The van der Waals surface area contributed by atoms with Crippen molar-refractivity contribution < 1.29 is 39.8 Å². The van der Waals surface area contributed by atoms with E-state index < -0.39 is 49.5 Å². The Kier molecular flexibility index (Phi) is 57.7. The lowest BCUT2D eigenvalue weighted by molar-refractivity contribution is -0.302. The molecule has 0 aliphatic carbocycles. The molecule has 7 unspecified atom stereocenters. The molecule has 1 saturated heterocycles. The molecule has 1 aliphatic heterocycles. The van der Waals surface area contributed by atoms with E-state index in [1.54, 1.807) is 6.08 Å². The van der Waals surface area contributed by atoms with Crippen LogP contribution < -0.4 is 5.32 Å². The molecule has 1 rings (SSSR count). The molecule has 6 N–H and O–H groups in total. The van der Waals surface area contributed by atoms with Crippen LogP contribution in [0, 0.1) is 0 Å². The highest BCUT2D eigenvalue weighted by atomic mass is 16.7. The van der Waals surface area contributed by atoms with E-state index in [1.165, 1.54) is 315 Å². The van der Waals surface area contributed by atoms with E-state index in [-0.39, 0.29) is 12.5 Å². The lowest BCUT2D eigenvalue weighted by atomic mass is 9.99. The van der Waals surface area contributed by atoms with Crippen molar-refractivity contribution in [1.29, 1.82) is 0 Å². The van der Waals surface area contributed by atoms with Gasteiger partial charge in [0.2, 0.25) is 5.91 Å². The Morgan fingerprint density at radius 3 is 0.987 bits per heavy atom. The number of carbonyl (C=O) groups is 1. The number of amides is 1. The second kappa shape index (κ2) is 60.1. The van der Waals surface area contributed by atoms with Crippen LogP contribution in [0.15, 0.2) is 12.2 Å². The molecule has 7 atom stereocenters. The van der Waals surface area contributed by atoms with Crippen molar-refractivity contribution in [1.82, 2.24) is 5.32 Å². The number of aliphatic hydroxyl groups excluding tert-OH is 5. The molecule has 1 heterocycles. The first kappa shape index (κ1) is 75.9. The summed E-state index contributed by atoms with van der Waals surface area (Å²) >= 11 is 0. The number of hydrogen-bond acceptors (Lipinski definition) is 8. The molecule has 0 radical (unpaired) electrons. The molecular weight excluding hydrogens is 983 g/mol. The number of ether oxygens (including phenoxy) is 2. The molecule has 1 aliphatic rings. The van der Waals surface area contributed by atoms with Gasteiger partial charge in [-0.25, -0.2) is 0 Å². The number of rotatable bonds is 63. The normalized spacial score (nSPS) is 18.5. The number of unbranched alkanes of at least 4 members (excludes halogenated alkanes) is 53. The van der Waals surface area contributed by atoms with Crippen LogP contribution in [0.25, 0.3) is 0 Å². The Morgan fingerprint density at radius 1 is 0.418 bits per heavy atom. The van der Waals surface area contributed by atoms with E-state index in [2.05, 4.69) is 19.2 Å². The number of aliphatic hydroxyl groups is 5. The van der Waals surface area contributed by atoms with Crippen LogP contribution in [0.5, 0.6) is 0 Å². The fraction of sp³-hybridized carbons (Fsp3) is 0.957. The number of hydrogen-bond donors (Lipinski definition) is 6. The molecule has 0 spiro atoms. The summed E-state index contributed by atoms with van der Waals surface area (Å²) in [6.07, 6.45) is 70.5. The van der Waals surface area contributed by atoms with Crippen molar-refractivity contribution in [3.8, 4) is 0 Å². The first-order valence-corrected chi connectivity index (χ1v) is 35.4. The molecule has 0 aromatic rings. The average Bonchev–Trinajstić information content (AvgIpc) is 3.47. The molecule has 1 amide bonds. The molecule has 9 nitrogen and oxygen atoms in total. The number of nitrogens with one attached hydrogen (secondary N) is 1. The zero-order valence-electron chi connectivity index (χ0n) is 52.7. The average molecular weight is 1120 g/mol. The summed E-state index contributed by atoms with van der Waals surface area (Å²) in [5.41, 5.74) is 0. The summed E-state index contributed by atoms with van der Waals surface area (Å²) in [6, 6.07) is -0.802. The van der Waals surface area contributed by atoms with Crippen LogP contribution in [0.4, 0.5) is 0 Å². The number of carbonyl (C=O) groups excluding carboxylic acids is 1. The summed E-state index contributed by atoms with van der Waals surface area (Å²) in [5, 5.41) is 54.7. The molecule has 9 heteroatoms. The minimum Gasteiger partial charge on any atom is -0.394 e. The molecule has 0 aromatic carbocycles. The summed E-state index contributed by atoms with van der Waals surface area (Å²) in [6.45, 7) is 3.84. The van der Waals surface area contributed by atoms with E-state index in [4.69, 9.17) is 9.47 Å². The van der Waals surface area contributed by atoms with Gasteiger partial charge in [0.25, 0.3) is 0 Å². The van der Waals surface area contributed by atoms with Crippen LogP contribution >= 0.6 is 0 Å². The second-order valence-corrected chi connectivity index (χ2v) is 25.0. The lowest BCUT2D eigenvalue weighted by Gasteiger charge is -2.40. The highest BCUT2D eigenvalue weighted by Gasteiger charge is 2.44. The highest BCUT2D eigenvalue weighted by molar-refractivity contribution is 5.76. The van der Waals surface area contributed by atoms with Crippen LogP contribution in [-0.4, -0.2) is 87.5 Å². The van der Waals surface area contributed by atoms with Gasteiger partial charge in [0.15, 0.2) is 6.29 Å². The summed E-state index contributed by atoms with van der Waals surface area (Å²) in [7, 11) is 0. The van der Waals surface area contributed by atoms with E-state index in [1.807, 2.05) is 6.08 Å². The van der Waals surface area contributed by atoms with Gasteiger partial charge in [0, 0.05) is 6.42 Å². The van der Waals surface area contributed by atoms with Gasteiger partial charge in [-0.3, -0.25) is 4.79 Å². The highest BCUT2D eigenvalue weighted by Crippen LogP contribution is 2.24. The molecule has 1 fully saturated rings. The van der Waals surface area contributed by atoms with Crippen LogP contribution in [0.3, 0.4) is 0 Å². The fourth-order valence-corrected chi connectivity index (χ4v) is 11.8. The van der Waals surface area contributed by atoms with E-state index in [0.29, 0.717) is 6.42 Å². The van der Waals surface area contributed by atoms with Gasteiger partial charge in [0.1, 0.15) is 24.4 Å². The Labute approximate surface area is 490 Å². The Bertz CT molecular complexity index is 1250. The SMILES string of the molecule is CCCCCCCCCCCCCCCCCCCCC/C=C/C(O)C(COC1OC(CO)C(O)C(O)C1O)NC(=O)CCCCCCCCCCCCCCCCCCCCCCCCCCCCCCCCCCCCC. The molecule has 0 bridgehead atoms. The largest absolute Gasteiger partial charge is 0.394 e. The summed E-state index contributed by atoms with van der Waals surface area (Å²) < 4.78 is 11.3. The van der Waals surface area contributed by atoms with Gasteiger partial charge in [-0.15, -0.1) is 0 Å². The standard InChI is InChI=1S/C70H137NO8/c1-3-5-7-9-11-13-15-17-19-21-23-25-26-27-28-29-30-31-32-33-34-35-36-37-38-40-42-44-46-48-50-52-54-56-58-60-66(74)71-63(62-78-70-69(77)68(76)67(75)65(61-72)79-70)64(73)59-57-55-53-51-49-47-45-43-41-39-24-22-20-18-16-14-12-10-8-6-4-2/h57,59,63-65,67-70,72-73,75-77H,3-56,58,60-62H2,1-2H3,(H,71,74)/b59-57+. The fourth-order valence-electron chi connectivity index (χ4n) is 11.8. The van der Waals surface area contributed by atoms with Gasteiger partial charge >= 0.3 is 0 Å². The lowest BCUT2D eigenvalue weighted by Crippen LogP contribution is -2.60. The quantitative estimate of drug-likeness (QED) is 0.0261. The van der Waals surface area contributed by atoms with Crippen LogP contribution in [-0.2, 0) is 14.3 Å². The molecule has 470 valence electrons. The molecule has 79 heavy (non-hydrogen) atoms. The molecular formula is C70H137NO8. The van der Waals surface area contributed by atoms with E-state index >= 15 is 0 Å². The maximum absolute atomic E-state index is 13.1. The molecule has 0 aromatic heterocycles. The van der Waals surface area contributed by atoms with Crippen molar-refractivity contribution in [3.05, 3.63) is 12.2 Å². The Hall–Kier alpha value is -1.07. The van der Waals surface area contributed by atoms with Crippen molar-refractivity contribution in [2.75, 3.05) is 13.2 Å². The van der Waals surface area contributed by atoms with Crippen LogP contribution in [0.1, 0.15) is 373 Å². The predicted octanol–water partition coefficient (Wildman–Crippen LogP) is 19.1. The van der Waals surface area contributed by atoms with Gasteiger partial charge in [-0.1, -0.05) is 360 Å². The van der Waals surface area contributed by atoms with Gasteiger partial charge < -0.3 is 40.3 Å². The topological polar surface area (TPSA) is 149 Å². The third-order valence-electron chi connectivity index (χ3n) is 17.4. The molecule has 0 saturated carbocycles.